The maximum absolute atomic E-state index is 12.9. The van der Waals surface area contributed by atoms with Crippen molar-refractivity contribution in [2.24, 2.45) is 11.8 Å². The number of nitrogens with one attached hydrogen (secondary N) is 1. The zero-order valence-corrected chi connectivity index (χ0v) is 20.4. The highest BCUT2D eigenvalue weighted by atomic mass is 16.5. The van der Waals surface area contributed by atoms with Gasteiger partial charge in [0.1, 0.15) is 6.61 Å². The molecule has 1 fully saturated rings. The number of fused-ring (bicyclic) bond motifs is 3. The molecule has 2 aromatic carbocycles. The molecule has 1 saturated heterocycles. The van der Waals surface area contributed by atoms with E-state index in [1.807, 2.05) is 38.1 Å². The predicted octanol–water partition coefficient (Wildman–Crippen LogP) is 4.65. The SMILES string of the molecule is CC(C)[C@@H](CC(=O)N1CCC(CCC(=O)O)C1)NC(=O)OCC1c2ccccc2-c2ccccc21. The molecule has 7 heteroatoms. The number of carbonyl (C=O) groups excluding carboxylic acids is 2. The van der Waals surface area contributed by atoms with Gasteiger partial charge in [0.15, 0.2) is 0 Å². The Morgan fingerprint density at radius 1 is 1.06 bits per heavy atom. The number of nitrogens with zero attached hydrogens (tertiary/aromatic N) is 1. The minimum Gasteiger partial charge on any atom is -0.481 e. The Kier molecular flexibility index (Phi) is 7.73. The molecule has 1 aliphatic carbocycles. The number of carbonyl (C=O) groups is 3. The number of amides is 2. The molecule has 1 unspecified atom stereocenters. The molecule has 35 heavy (non-hydrogen) atoms. The molecule has 0 bridgehead atoms. The van der Waals surface area contributed by atoms with Crippen molar-refractivity contribution >= 4 is 18.0 Å². The van der Waals surface area contributed by atoms with E-state index in [4.69, 9.17) is 9.84 Å². The normalized spacial score (nSPS) is 17.7. The second-order valence-electron chi connectivity index (χ2n) is 9.95. The standard InChI is InChI=1S/C28H34N2O5/c1-18(2)25(15-26(31)30-14-13-19(16-30)11-12-27(32)33)29-28(34)35-17-24-22-9-5-3-7-20(22)21-8-4-6-10-23(21)24/h3-10,18-19,24-25H,11-17H2,1-2H3,(H,29,34)(H,32,33)/t19?,25-/m1/s1. The Morgan fingerprint density at radius 3 is 2.29 bits per heavy atom. The number of carboxylic acids is 1. The lowest BCUT2D eigenvalue weighted by molar-refractivity contribution is -0.137. The molecule has 2 aliphatic rings. The summed E-state index contributed by atoms with van der Waals surface area (Å²) < 4.78 is 5.67. The Morgan fingerprint density at radius 2 is 1.69 bits per heavy atom. The monoisotopic (exact) mass is 478 g/mol. The molecule has 0 saturated carbocycles. The molecule has 1 aliphatic heterocycles. The smallest absolute Gasteiger partial charge is 0.407 e. The summed E-state index contributed by atoms with van der Waals surface area (Å²) in [5.41, 5.74) is 4.66. The molecule has 2 atom stereocenters. The van der Waals surface area contributed by atoms with E-state index in [1.54, 1.807) is 4.90 Å². The Labute approximate surface area is 206 Å². The third-order valence-electron chi connectivity index (χ3n) is 7.25. The highest BCUT2D eigenvalue weighted by molar-refractivity contribution is 5.80. The van der Waals surface area contributed by atoms with Gasteiger partial charge in [-0.05, 0) is 46.9 Å². The molecule has 186 valence electrons. The van der Waals surface area contributed by atoms with Gasteiger partial charge in [-0.15, -0.1) is 0 Å². The molecule has 2 amide bonds. The van der Waals surface area contributed by atoms with Crippen LogP contribution in [0.15, 0.2) is 48.5 Å². The minimum absolute atomic E-state index is 0.0135. The van der Waals surface area contributed by atoms with Gasteiger partial charge in [-0.1, -0.05) is 62.4 Å². The van der Waals surface area contributed by atoms with Crippen LogP contribution in [0.3, 0.4) is 0 Å². The van der Waals surface area contributed by atoms with Crippen molar-refractivity contribution < 1.29 is 24.2 Å². The maximum Gasteiger partial charge on any atom is 0.407 e. The van der Waals surface area contributed by atoms with E-state index in [0.29, 0.717) is 19.5 Å². The van der Waals surface area contributed by atoms with Crippen LogP contribution in [0, 0.1) is 11.8 Å². The Balaban J connectivity index is 1.31. The number of hydrogen-bond donors (Lipinski definition) is 2. The first-order chi connectivity index (χ1) is 16.8. The summed E-state index contributed by atoms with van der Waals surface area (Å²) in [6.45, 7) is 5.40. The van der Waals surface area contributed by atoms with E-state index in [1.165, 1.54) is 11.1 Å². The van der Waals surface area contributed by atoms with E-state index >= 15 is 0 Å². The van der Waals surface area contributed by atoms with Crippen molar-refractivity contribution in [2.45, 2.75) is 51.5 Å². The second kappa shape index (κ2) is 10.9. The van der Waals surface area contributed by atoms with Gasteiger partial charge in [0, 0.05) is 37.9 Å². The zero-order chi connectivity index (χ0) is 24.9. The number of carboxylic acid groups (broad SMARTS) is 1. The summed E-state index contributed by atoms with van der Waals surface area (Å²) >= 11 is 0. The topological polar surface area (TPSA) is 95.9 Å². The van der Waals surface area contributed by atoms with Crippen molar-refractivity contribution in [1.29, 1.82) is 0 Å². The lowest BCUT2D eigenvalue weighted by Gasteiger charge is -2.25. The summed E-state index contributed by atoms with van der Waals surface area (Å²) in [6, 6.07) is 16.1. The van der Waals surface area contributed by atoms with Crippen molar-refractivity contribution in [3.63, 3.8) is 0 Å². The summed E-state index contributed by atoms with van der Waals surface area (Å²) in [4.78, 5) is 38.2. The zero-order valence-electron chi connectivity index (χ0n) is 20.4. The quantitative estimate of drug-likeness (QED) is 0.547. The van der Waals surface area contributed by atoms with Gasteiger partial charge < -0.3 is 20.1 Å². The Hall–Kier alpha value is -3.35. The average Bonchev–Trinajstić information content (AvgIpc) is 3.44. The van der Waals surface area contributed by atoms with Gasteiger partial charge in [0.2, 0.25) is 5.91 Å². The van der Waals surface area contributed by atoms with Crippen LogP contribution >= 0.6 is 0 Å². The number of alkyl carbamates (subject to hydrolysis) is 1. The van der Waals surface area contributed by atoms with Crippen molar-refractivity contribution in [1.82, 2.24) is 10.2 Å². The Bertz CT molecular complexity index is 1040. The van der Waals surface area contributed by atoms with Gasteiger partial charge in [0.25, 0.3) is 0 Å². The maximum atomic E-state index is 12.9. The van der Waals surface area contributed by atoms with E-state index in [0.717, 1.165) is 17.5 Å². The first-order valence-electron chi connectivity index (χ1n) is 12.4. The van der Waals surface area contributed by atoms with Crippen molar-refractivity contribution in [2.75, 3.05) is 19.7 Å². The molecule has 4 rings (SSSR count). The number of likely N-dealkylation sites (tertiary alicyclic amines) is 1. The predicted molar refractivity (Wildman–Crippen MR) is 133 cm³/mol. The summed E-state index contributed by atoms with van der Waals surface area (Å²) in [6.07, 6.45) is 1.23. The lowest BCUT2D eigenvalue weighted by atomic mass is 9.98. The number of ether oxygens (including phenoxy) is 1. The third-order valence-corrected chi connectivity index (χ3v) is 7.25. The van der Waals surface area contributed by atoms with Gasteiger partial charge in [0.05, 0.1) is 0 Å². The van der Waals surface area contributed by atoms with E-state index in [9.17, 15) is 14.4 Å². The van der Waals surface area contributed by atoms with Crippen LogP contribution in [0.1, 0.15) is 56.6 Å². The van der Waals surface area contributed by atoms with Gasteiger partial charge >= 0.3 is 12.1 Å². The summed E-state index contributed by atoms with van der Waals surface area (Å²) in [7, 11) is 0. The van der Waals surface area contributed by atoms with E-state index in [-0.39, 0.29) is 49.2 Å². The first-order valence-corrected chi connectivity index (χ1v) is 12.4. The van der Waals surface area contributed by atoms with E-state index < -0.39 is 12.1 Å². The molecule has 1 heterocycles. The molecule has 2 aromatic rings. The van der Waals surface area contributed by atoms with Crippen LogP contribution in [-0.2, 0) is 14.3 Å². The molecule has 0 radical (unpaired) electrons. The average molecular weight is 479 g/mol. The van der Waals surface area contributed by atoms with Gasteiger partial charge in [-0.2, -0.15) is 0 Å². The fraction of sp³-hybridized carbons (Fsp3) is 0.464. The lowest BCUT2D eigenvalue weighted by Crippen LogP contribution is -2.43. The van der Waals surface area contributed by atoms with Crippen LogP contribution < -0.4 is 5.32 Å². The fourth-order valence-corrected chi connectivity index (χ4v) is 5.18. The minimum atomic E-state index is -0.804. The summed E-state index contributed by atoms with van der Waals surface area (Å²) in [5, 5.41) is 11.8. The van der Waals surface area contributed by atoms with Crippen molar-refractivity contribution in [3.8, 4) is 11.1 Å². The van der Waals surface area contributed by atoms with Crippen LogP contribution in [0.5, 0.6) is 0 Å². The molecule has 0 aromatic heterocycles. The largest absolute Gasteiger partial charge is 0.481 e. The number of rotatable bonds is 9. The van der Waals surface area contributed by atoms with Crippen LogP contribution in [0.4, 0.5) is 4.79 Å². The van der Waals surface area contributed by atoms with Gasteiger partial charge in [-0.25, -0.2) is 4.79 Å². The molecule has 7 nitrogen and oxygen atoms in total. The second-order valence-corrected chi connectivity index (χ2v) is 9.95. The number of benzene rings is 2. The number of hydrogen-bond acceptors (Lipinski definition) is 4. The first kappa shape index (κ1) is 24.8. The van der Waals surface area contributed by atoms with Crippen molar-refractivity contribution in [3.05, 3.63) is 59.7 Å². The third kappa shape index (κ3) is 5.84. The number of aliphatic carboxylic acids is 1. The fourth-order valence-electron chi connectivity index (χ4n) is 5.18. The molecule has 0 spiro atoms. The van der Waals surface area contributed by atoms with Crippen LogP contribution in [0.2, 0.25) is 0 Å². The summed E-state index contributed by atoms with van der Waals surface area (Å²) in [5.74, 6) is -0.547. The molecule has 2 N–H and O–H groups in total. The highest BCUT2D eigenvalue weighted by Gasteiger charge is 2.31. The van der Waals surface area contributed by atoms with Crippen LogP contribution in [0.25, 0.3) is 11.1 Å². The van der Waals surface area contributed by atoms with E-state index in [2.05, 4.69) is 29.6 Å². The molecular weight excluding hydrogens is 444 g/mol. The van der Waals surface area contributed by atoms with Crippen LogP contribution in [-0.4, -0.2) is 53.7 Å². The van der Waals surface area contributed by atoms with Gasteiger partial charge in [-0.3, -0.25) is 9.59 Å². The molecular formula is C28H34N2O5. The highest BCUT2D eigenvalue weighted by Crippen LogP contribution is 2.44.